The van der Waals surface area contributed by atoms with E-state index in [0.29, 0.717) is 13.2 Å². The fourth-order valence-corrected chi connectivity index (χ4v) is 3.25. The van der Waals surface area contributed by atoms with Crippen molar-refractivity contribution in [3.63, 3.8) is 0 Å². The molecule has 2 aliphatic rings. The molecule has 0 aromatic heterocycles. The predicted molar refractivity (Wildman–Crippen MR) is 77.0 cm³/mol. The number of piperidine rings is 1. The highest BCUT2D eigenvalue weighted by Crippen LogP contribution is 2.33. The van der Waals surface area contributed by atoms with Crippen molar-refractivity contribution in [2.75, 3.05) is 39.9 Å². The molecule has 1 N–H and O–H groups in total. The molecule has 0 aliphatic carbocycles. The van der Waals surface area contributed by atoms with Crippen LogP contribution in [-0.4, -0.2) is 49.5 Å². The van der Waals surface area contributed by atoms with Crippen molar-refractivity contribution in [2.45, 2.75) is 25.4 Å². The minimum atomic E-state index is -0.436. The van der Waals surface area contributed by atoms with Crippen LogP contribution in [0.5, 0.6) is 11.5 Å². The lowest BCUT2D eigenvalue weighted by molar-refractivity contribution is -0.917. The van der Waals surface area contributed by atoms with Crippen molar-refractivity contribution in [3.8, 4) is 11.5 Å². The lowest BCUT2D eigenvalue weighted by Gasteiger charge is -2.39. The molecule has 0 bridgehead atoms. The average molecular weight is 405 g/mol. The Morgan fingerprint density at radius 2 is 1.76 bits per heavy atom. The molecule has 4 nitrogen and oxygen atoms in total. The number of benzene rings is 1. The van der Waals surface area contributed by atoms with Gasteiger partial charge in [-0.05, 0) is 37.0 Å². The molecule has 3 rings (SSSR count). The van der Waals surface area contributed by atoms with Gasteiger partial charge in [-0.3, -0.25) is 0 Å². The Morgan fingerprint density at radius 1 is 1.10 bits per heavy atom. The molecule has 1 unspecified atom stereocenters. The molecule has 0 radical (unpaired) electrons. The van der Waals surface area contributed by atoms with Gasteiger partial charge in [0.1, 0.15) is 25.9 Å². The van der Waals surface area contributed by atoms with E-state index in [4.69, 9.17) is 9.47 Å². The smallest absolute Gasteiger partial charge is 0.161 e. The van der Waals surface area contributed by atoms with Crippen molar-refractivity contribution in [1.29, 1.82) is 0 Å². The van der Waals surface area contributed by atoms with Gasteiger partial charge in [-0.15, -0.1) is 0 Å². The lowest BCUT2D eigenvalue weighted by atomic mass is 10.0. The summed E-state index contributed by atoms with van der Waals surface area (Å²) in [6.07, 6.45) is 3.43. The van der Waals surface area contributed by atoms with Crippen LogP contribution in [0, 0.1) is 0 Å². The number of halogens is 1. The van der Waals surface area contributed by atoms with Crippen molar-refractivity contribution < 1.29 is 43.0 Å². The Balaban J connectivity index is 0.00000161. The molecule has 1 atom stereocenters. The fraction of sp³-hybridized carbons (Fsp3) is 0.625. The first-order valence-corrected chi connectivity index (χ1v) is 7.57. The van der Waals surface area contributed by atoms with Crippen LogP contribution in [-0.2, 0) is 0 Å². The molecular weight excluding hydrogens is 381 g/mol. The van der Waals surface area contributed by atoms with Crippen LogP contribution in [0.2, 0.25) is 0 Å². The Kier molecular flexibility index (Phi) is 5.73. The Labute approximate surface area is 143 Å². The van der Waals surface area contributed by atoms with Crippen LogP contribution in [0.3, 0.4) is 0 Å². The molecule has 2 aliphatic heterocycles. The summed E-state index contributed by atoms with van der Waals surface area (Å²) in [5.74, 6) is 1.54. The quantitative estimate of drug-likeness (QED) is 0.525. The fourth-order valence-electron chi connectivity index (χ4n) is 3.25. The van der Waals surface area contributed by atoms with Gasteiger partial charge in [0.2, 0.25) is 0 Å². The summed E-state index contributed by atoms with van der Waals surface area (Å²) in [4.78, 5) is 0. The molecule has 2 heterocycles. The standard InChI is InChI=1S/C16H24NO3.HI/c1-17(7-3-2-4-8-17)12-14(18)13-5-6-15-16(11-13)20-10-9-19-15;/h5-6,11,14,18H,2-4,7-10,12H2,1H3;1H/q+1;/p-1. The molecule has 1 fully saturated rings. The van der Waals surface area contributed by atoms with Gasteiger partial charge in [-0.2, -0.15) is 0 Å². The minimum Gasteiger partial charge on any atom is -1.00 e. The minimum absolute atomic E-state index is 0. The van der Waals surface area contributed by atoms with Crippen LogP contribution >= 0.6 is 0 Å². The number of nitrogens with zero attached hydrogens (tertiary/aromatic N) is 1. The highest BCUT2D eigenvalue weighted by Gasteiger charge is 2.29. The Morgan fingerprint density at radius 3 is 2.48 bits per heavy atom. The van der Waals surface area contributed by atoms with Gasteiger partial charge in [0.25, 0.3) is 0 Å². The van der Waals surface area contributed by atoms with Crippen molar-refractivity contribution in [2.24, 2.45) is 0 Å². The first kappa shape index (κ1) is 16.8. The van der Waals surface area contributed by atoms with Crippen molar-refractivity contribution >= 4 is 0 Å². The second-order valence-corrected chi connectivity index (χ2v) is 6.23. The molecular formula is C16H24INO3. The maximum Gasteiger partial charge on any atom is 0.161 e. The van der Waals surface area contributed by atoms with Crippen LogP contribution < -0.4 is 33.5 Å². The number of hydrogen-bond acceptors (Lipinski definition) is 3. The zero-order valence-corrected chi connectivity index (χ0v) is 14.7. The number of likely N-dealkylation sites (tertiary alicyclic amines) is 1. The summed E-state index contributed by atoms with van der Waals surface area (Å²) in [5, 5.41) is 10.5. The number of rotatable bonds is 3. The van der Waals surface area contributed by atoms with E-state index in [2.05, 4.69) is 7.05 Å². The largest absolute Gasteiger partial charge is 1.00 e. The summed E-state index contributed by atoms with van der Waals surface area (Å²) in [7, 11) is 2.25. The summed E-state index contributed by atoms with van der Waals surface area (Å²) in [6, 6.07) is 5.78. The predicted octanol–water partition coefficient (Wildman–Crippen LogP) is -0.874. The van der Waals surface area contributed by atoms with E-state index in [1.54, 1.807) is 0 Å². The first-order valence-electron chi connectivity index (χ1n) is 7.57. The molecule has 118 valence electrons. The third-order valence-electron chi connectivity index (χ3n) is 4.46. The summed E-state index contributed by atoms with van der Waals surface area (Å²) < 4.78 is 12.1. The number of ether oxygens (including phenoxy) is 2. The van der Waals surface area contributed by atoms with E-state index in [1.807, 2.05) is 18.2 Å². The molecule has 1 saturated heterocycles. The van der Waals surface area contributed by atoms with E-state index >= 15 is 0 Å². The molecule has 1 aromatic rings. The van der Waals surface area contributed by atoms with Gasteiger partial charge < -0.3 is 43.0 Å². The number of fused-ring (bicyclic) bond motifs is 1. The average Bonchev–Trinajstić information content (AvgIpc) is 2.47. The van der Waals surface area contributed by atoms with E-state index < -0.39 is 6.10 Å². The SMILES string of the molecule is C[N+]1(CC(O)c2ccc3c(c2)OCCO3)CCCCC1.[I-]. The molecule has 5 heteroatoms. The third-order valence-corrected chi connectivity index (χ3v) is 4.46. The summed E-state index contributed by atoms with van der Waals surface area (Å²) in [6.45, 7) is 4.30. The monoisotopic (exact) mass is 405 g/mol. The van der Waals surface area contributed by atoms with Crippen molar-refractivity contribution in [3.05, 3.63) is 23.8 Å². The number of aliphatic hydroxyl groups excluding tert-OH is 1. The molecule has 21 heavy (non-hydrogen) atoms. The summed E-state index contributed by atoms with van der Waals surface area (Å²) in [5.41, 5.74) is 0.930. The van der Waals surface area contributed by atoms with Gasteiger partial charge >= 0.3 is 0 Å². The van der Waals surface area contributed by atoms with Crippen molar-refractivity contribution in [1.82, 2.24) is 0 Å². The Hall–Kier alpha value is -0.530. The second-order valence-electron chi connectivity index (χ2n) is 6.23. The number of aliphatic hydroxyl groups is 1. The van der Waals surface area contributed by atoms with Gasteiger partial charge in [0.15, 0.2) is 11.5 Å². The zero-order chi connectivity index (χ0) is 14.0. The topological polar surface area (TPSA) is 38.7 Å². The van der Waals surface area contributed by atoms with Gasteiger partial charge in [-0.1, -0.05) is 6.07 Å². The first-order chi connectivity index (χ1) is 9.66. The highest BCUT2D eigenvalue weighted by atomic mass is 127. The molecule has 0 spiro atoms. The number of hydrogen-bond donors (Lipinski definition) is 1. The Bertz CT molecular complexity index is 475. The maximum absolute atomic E-state index is 10.5. The molecule has 0 saturated carbocycles. The van der Waals surface area contributed by atoms with Crippen LogP contribution in [0.15, 0.2) is 18.2 Å². The van der Waals surface area contributed by atoms with Crippen LogP contribution in [0.1, 0.15) is 30.9 Å². The van der Waals surface area contributed by atoms with Crippen LogP contribution in [0.25, 0.3) is 0 Å². The van der Waals surface area contributed by atoms with E-state index in [-0.39, 0.29) is 24.0 Å². The normalized spacial score (nSPS) is 21.2. The van der Waals surface area contributed by atoms with Gasteiger partial charge in [0, 0.05) is 0 Å². The number of likely N-dealkylation sites (N-methyl/N-ethyl adjacent to an activating group) is 1. The van der Waals surface area contributed by atoms with E-state index in [1.165, 1.54) is 32.4 Å². The summed E-state index contributed by atoms with van der Waals surface area (Å²) >= 11 is 0. The van der Waals surface area contributed by atoms with Crippen LogP contribution in [0.4, 0.5) is 0 Å². The molecule has 1 aromatic carbocycles. The number of quaternary nitrogens is 1. The highest BCUT2D eigenvalue weighted by molar-refractivity contribution is 5.44. The van der Waals surface area contributed by atoms with Gasteiger partial charge in [0.05, 0.1) is 20.1 Å². The van der Waals surface area contributed by atoms with E-state index in [0.717, 1.165) is 28.1 Å². The van der Waals surface area contributed by atoms with E-state index in [9.17, 15) is 5.11 Å². The maximum atomic E-state index is 10.5. The van der Waals surface area contributed by atoms with Gasteiger partial charge in [-0.25, -0.2) is 0 Å². The third kappa shape index (κ3) is 4.02. The molecule has 0 amide bonds. The second kappa shape index (κ2) is 7.15. The zero-order valence-electron chi connectivity index (χ0n) is 12.6. The lowest BCUT2D eigenvalue weighted by Crippen LogP contribution is -3.00.